The van der Waals surface area contributed by atoms with Crippen LogP contribution in [0.1, 0.15) is 16.5 Å². The smallest absolute Gasteiger partial charge is 0.387 e. The molecule has 2 aromatic rings. The number of rotatable bonds is 6. The maximum absolute atomic E-state index is 12.0. The Balaban J connectivity index is 1.98. The van der Waals surface area contributed by atoms with Gasteiger partial charge in [0.05, 0.1) is 6.07 Å². The Labute approximate surface area is 119 Å². The molecule has 0 radical (unpaired) electrons. The molecular weight excluding hydrogens is 282 g/mol. The summed E-state index contributed by atoms with van der Waals surface area (Å²) >= 11 is 1.60. The highest BCUT2D eigenvalue weighted by Crippen LogP contribution is 2.20. The van der Waals surface area contributed by atoms with Gasteiger partial charge < -0.3 is 4.74 Å². The molecule has 0 bridgehead atoms. The topological polar surface area (TPSA) is 45.0 Å². The fourth-order valence-corrected chi connectivity index (χ4v) is 2.35. The quantitative estimate of drug-likeness (QED) is 0.883. The van der Waals surface area contributed by atoms with Gasteiger partial charge in [0.2, 0.25) is 0 Å². The highest BCUT2D eigenvalue weighted by atomic mass is 32.1. The normalized spacial score (nSPS) is 12.1. The van der Waals surface area contributed by atoms with Crippen LogP contribution >= 0.6 is 11.3 Å². The average Bonchev–Trinajstić information content (AvgIpc) is 2.94. The molecule has 0 fully saturated rings. The molecule has 3 nitrogen and oxygen atoms in total. The number of nitrogens with one attached hydrogen (secondary N) is 1. The lowest BCUT2D eigenvalue weighted by molar-refractivity contribution is -0.0498. The van der Waals surface area contributed by atoms with Crippen LogP contribution in [0.25, 0.3) is 0 Å². The van der Waals surface area contributed by atoms with Gasteiger partial charge in [-0.3, -0.25) is 5.32 Å². The van der Waals surface area contributed by atoms with E-state index in [1.807, 2.05) is 17.5 Å². The van der Waals surface area contributed by atoms with E-state index in [0.717, 1.165) is 4.88 Å². The molecule has 6 heteroatoms. The molecule has 1 N–H and O–H groups in total. The predicted octanol–water partition coefficient (Wildman–Crippen LogP) is 3.70. The predicted molar refractivity (Wildman–Crippen MR) is 72.6 cm³/mol. The van der Waals surface area contributed by atoms with Crippen molar-refractivity contribution in [2.45, 2.75) is 19.2 Å². The molecule has 0 aliphatic rings. The Kier molecular flexibility index (Phi) is 5.04. The summed E-state index contributed by atoms with van der Waals surface area (Å²) in [6.07, 6.45) is 0. The second-order valence-corrected chi connectivity index (χ2v) is 5.00. The summed E-state index contributed by atoms with van der Waals surface area (Å²) in [6.45, 7) is -2.25. The van der Waals surface area contributed by atoms with Gasteiger partial charge in [0.1, 0.15) is 11.8 Å². The maximum Gasteiger partial charge on any atom is 0.387 e. The van der Waals surface area contributed by atoms with Crippen molar-refractivity contribution in [1.82, 2.24) is 5.32 Å². The molecular formula is C14H12F2N2OS. The first-order valence-corrected chi connectivity index (χ1v) is 6.77. The Morgan fingerprint density at radius 2 is 2.00 bits per heavy atom. The van der Waals surface area contributed by atoms with E-state index < -0.39 is 12.7 Å². The number of benzene rings is 1. The van der Waals surface area contributed by atoms with Crippen molar-refractivity contribution in [3.63, 3.8) is 0 Å². The molecule has 0 spiro atoms. The number of nitriles is 1. The van der Waals surface area contributed by atoms with Gasteiger partial charge in [0, 0.05) is 11.4 Å². The second-order valence-electron chi connectivity index (χ2n) is 3.97. The average molecular weight is 294 g/mol. The minimum Gasteiger partial charge on any atom is -0.435 e. The molecule has 0 aliphatic heterocycles. The summed E-state index contributed by atoms with van der Waals surface area (Å²) in [4.78, 5) is 1.13. The van der Waals surface area contributed by atoms with Gasteiger partial charge in [-0.25, -0.2) is 0 Å². The van der Waals surface area contributed by atoms with E-state index in [1.54, 1.807) is 23.5 Å². The lowest BCUT2D eigenvalue weighted by Gasteiger charge is -2.12. The second kappa shape index (κ2) is 6.98. The molecule has 0 saturated heterocycles. The number of nitrogens with zero attached hydrogens (tertiary/aromatic N) is 1. The first-order chi connectivity index (χ1) is 9.69. The third-order valence-electron chi connectivity index (χ3n) is 2.63. The summed E-state index contributed by atoms with van der Waals surface area (Å²) in [5.41, 5.74) is 0.714. The van der Waals surface area contributed by atoms with E-state index in [9.17, 15) is 8.78 Å². The summed E-state index contributed by atoms with van der Waals surface area (Å²) in [7, 11) is 0. The third-order valence-corrected chi connectivity index (χ3v) is 3.50. The third kappa shape index (κ3) is 4.02. The van der Waals surface area contributed by atoms with E-state index in [4.69, 9.17) is 5.26 Å². The molecule has 104 valence electrons. The van der Waals surface area contributed by atoms with E-state index >= 15 is 0 Å². The van der Waals surface area contributed by atoms with Crippen LogP contribution in [-0.4, -0.2) is 6.61 Å². The standard InChI is InChI=1S/C14H12F2N2OS/c15-14(16)19-11-5-3-10(4-6-11)13(8-17)18-9-12-2-1-7-20-12/h1-7,13-14,18H,9H2. The number of ether oxygens (including phenoxy) is 1. The van der Waals surface area contributed by atoms with Crippen molar-refractivity contribution in [2.75, 3.05) is 0 Å². The van der Waals surface area contributed by atoms with Gasteiger partial charge in [0.25, 0.3) is 0 Å². The monoisotopic (exact) mass is 294 g/mol. The number of alkyl halides is 2. The minimum absolute atomic E-state index is 0.0821. The molecule has 1 atom stereocenters. The number of hydrogen-bond acceptors (Lipinski definition) is 4. The van der Waals surface area contributed by atoms with Crippen LogP contribution in [0.2, 0.25) is 0 Å². The summed E-state index contributed by atoms with van der Waals surface area (Å²) in [5.74, 6) is 0.0821. The zero-order valence-corrected chi connectivity index (χ0v) is 11.2. The van der Waals surface area contributed by atoms with E-state index in [-0.39, 0.29) is 5.75 Å². The number of halogens is 2. The lowest BCUT2D eigenvalue weighted by atomic mass is 10.1. The van der Waals surface area contributed by atoms with Crippen molar-refractivity contribution in [1.29, 1.82) is 5.26 Å². The molecule has 20 heavy (non-hydrogen) atoms. The van der Waals surface area contributed by atoms with Crippen LogP contribution in [0.4, 0.5) is 8.78 Å². The lowest BCUT2D eigenvalue weighted by Crippen LogP contribution is -2.18. The maximum atomic E-state index is 12.0. The molecule has 2 rings (SSSR count). The Morgan fingerprint density at radius 1 is 1.25 bits per heavy atom. The Hall–Kier alpha value is -1.97. The minimum atomic E-state index is -2.84. The Morgan fingerprint density at radius 3 is 2.55 bits per heavy atom. The fraction of sp³-hybridized carbons (Fsp3) is 0.214. The number of hydrogen-bond donors (Lipinski definition) is 1. The van der Waals surface area contributed by atoms with Gasteiger partial charge >= 0.3 is 6.61 Å². The highest BCUT2D eigenvalue weighted by molar-refractivity contribution is 7.09. The van der Waals surface area contributed by atoms with Gasteiger partial charge in [-0.1, -0.05) is 18.2 Å². The Bertz CT molecular complexity index is 564. The summed E-state index contributed by atoms with van der Waals surface area (Å²) in [6, 6.07) is 11.6. The SMILES string of the molecule is N#CC(NCc1cccs1)c1ccc(OC(F)F)cc1. The van der Waals surface area contributed by atoms with Gasteiger partial charge in [-0.15, -0.1) is 11.3 Å². The first kappa shape index (κ1) is 14.4. The van der Waals surface area contributed by atoms with E-state index in [0.29, 0.717) is 12.1 Å². The van der Waals surface area contributed by atoms with E-state index in [1.165, 1.54) is 12.1 Å². The fourth-order valence-electron chi connectivity index (χ4n) is 1.70. The molecule has 1 aromatic heterocycles. The largest absolute Gasteiger partial charge is 0.435 e. The first-order valence-electron chi connectivity index (χ1n) is 5.89. The van der Waals surface area contributed by atoms with Crippen molar-refractivity contribution < 1.29 is 13.5 Å². The molecule has 0 saturated carbocycles. The molecule has 1 heterocycles. The van der Waals surface area contributed by atoms with Crippen LogP contribution in [0, 0.1) is 11.3 Å². The van der Waals surface area contributed by atoms with E-state index in [2.05, 4.69) is 16.1 Å². The zero-order chi connectivity index (χ0) is 14.4. The molecule has 1 unspecified atom stereocenters. The van der Waals surface area contributed by atoms with Crippen molar-refractivity contribution in [3.8, 4) is 11.8 Å². The summed E-state index contributed by atoms with van der Waals surface area (Å²) < 4.78 is 28.3. The zero-order valence-electron chi connectivity index (χ0n) is 10.4. The van der Waals surface area contributed by atoms with Crippen LogP contribution < -0.4 is 10.1 Å². The van der Waals surface area contributed by atoms with Crippen molar-refractivity contribution >= 4 is 11.3 Å². The highest BCUT2D eigenvalue weighted by Gasteiger charge is 2.11. The molecule has 0 amide bonds. The number of thiophene rings is 1. The van der Waals surface area contributed by atoms with Crippen LogP contribution in [0.5, 0.6) is 5.75 Å². The van der Waals surface area contributed by atoms with Gasteiger partial charge in [-0.2, -0.15) is 14.0 Å². The summed E-state index contributed by atoms with van der Waals surface area (Å²) in [5, 5.41) is 14.2. The van der Waals surface area contributed by atoms with Crippen LogP contribution in [0.3, 0.4) is 0 Å². The van der Waals surface area contributed by atoms with Crippen LogP contribution in [-0.2, 0) is 6.54 Å². The van der Waals surface area contributed by atoms with Crippen molar-refractivity contribution in [3.05, 3.63) is 52.2 Å². The van der Waals surface area contributed by atoms with Crippen LogP contribution in [0.15, 0.2) is 41.8 Å². The van der Waals surface area contributed by atoms with Gasteiger partial charge in [0.15, 0.2) is 0 Å². The molecule has 1 aromatic carbocycles. The molecule has 0 aliphatic carbocycles. The van der Waals surface area contributed by atoms with Crippen molar-refractivity contribution in [2.24, 2.45) is 0 Å². The van der Waals surface area contributed by atoms with Gasteiger partial charge in [-0.05, 0) is 29.1 Å².